The van der Waals surface area contributed by atoms with Crippen LogP contribution >= 0.6 is 23.2 Å². The Hall–Kier alpha value is -1.42. The maximum atomic E-state index is 13.1. The van der Waals surface area contributed by atoms with E-state index in [1.807, 2.05) is 30.3 Å². The lowest BCUT2D eigenvalue weighted by Crippen LogP contribution is -2.50. The Balaban J connectivity index is 0.00000222. The third-order valence-electron chi connectivity index (χ3n) is 6.59. The Morgan fingerprint density at radius 1 is 1.08 bits per heavy atom. The van der Waals surface area contributed by atoms with Gasteiger partial charge in [0.2, 0.25) is 5.91 Å². The van der Waals surface area contributed by atoms with E-state index in [9.17, 15) is 9.59 Å². The summed E-state index contributed by atoms with van der Waals surface area (Å²) in [6.07, 6.45) is 0.975. The number of likely N-dealkylation sites (N-methyl/N-ethyl adjacent to an activating group) is 1. The minimum absolute atomic E-state index is 0.221. The molecule has 1 aromatic carbocycles. The molecule has 2 fully saturated rings. The number of nitrogens with zero attached hydrogens (tertiary/aromatic N) is 2. The van der Waals surface area contributed by atoms with Crippen LogP contribution in [0.5, 0.6) is 0 Å². The zero-order valence-corrected chi connectivity index (χ0v) is 23.1. The minimum atomic E-state index is -0.755. The van der Waals surface area contributed by atoms with Crippen molar-refractivity contribution in [1.82, 2.24) is 15.1 Å². The molecule has 0 radical (unpaired) electrons. The van der Waals surface area contributed by atoms with Crippen LogP contribution in [-0.4, -0.2) is 110 Å². The second-order valence-corrected chi connectivity index (χ2v) is 10.3. The summed E-state index contributed by atoms with van der Waals surface area (Å²) >= 11 is 13.3. The summed E-state index contributed by atoms with van der Waals surface area (Å²) in [4.78, 5) is 30.3. The van der Waals surface area contributed by atoms with Gasteiger partial charge in [-0.2, -0.15) is 0 Å². The minimum Gasteiger partial charge on any atom is -0.464 e. The van der Waals surface area contributed by atoms with Gasteiger partial charge in [-0.1, -0.05) is 30.3 Å². The zero-order valence-electron chi connectivity index (χ0n) is 21.6. The van der Waals surface area contributed by atoms with Crippen LogP contribution in [0.1, 0.15) is 25.3 Å². The summed E-state index contributed by atoms with van der Waals surface area (Å²) in [5, 5.41) is 9.15. The summed E-state index contributed by atoms with van der Waals surface area (Å²) in [6, 6.07) is 8.81. The van der Waals surface area contributed by atoms with Crippen LogP contribution in [-0.2, 0) is 25.5 Å². The first-order valence-electron chi connectivity index (χ1n) is 12.6. The lowest BCUT2D eigenvalue weighted by atomic mass is 9.85. The van der Waals surface area contributed by atoms with Gasteiger partial charge in [0, 0.05) is 52.2 Å². The molecule has 2 N–H and O–H groups in total. The van der Waals surface area contributed by atoms with E-state index in [-0.39, 0.29) is 35.3 Å². The molecule has 1 aliphatic heterocycles. The third-order valence-corrected chi connectivity index (χ3v) is 7.44. The molecule has 2 aliphatic rings. The molecule has 1 saturated carbocycles. The van der Waals surface area contributed by atoms with Crippen LogP contribution in [0.15, 0.2) is 30.3 Å². The SMILES string of the molecule is CCOC(=O)[C@H](Cc1ccccc1)NC(=O)C1CC(Cl)C(OCCN2CCN(C)CC2)C(Cl)C1.CO. The number of hydrogen-bond acceptors (Lipinski definition) is 7. The number of benzene rings is 1. The van der Waals surface area contributed by atoms with Gasteiger partial charge < -0.3 is 24.8 Å². The van der Waals surface area contributed by atoms with Crippen LogP contribution in [0.2, 0.25) is 0 Å². The highest BCUT2D eigenvalue weighted by molar-refractivity contribution is 6.25. The average Bonchev–Trinajstić information content (AvgIpc) is 2.88. The van der Waals surface area contributed by atoms with Gasteiger partial charge in [-0.05, 0) is 32.4 Å². The number of esters is 1. The van der Waals surface area contributed by atoms with E-state index < -0.39 is 12.0 Å². The normalized spacial score (nSPS) is 25.8. The third kappa shape index (κ3) is 9.80. The Morgan fingerprint density at radius 2 is 1.69 bits per heavy atom. The molecule has 1 aliphatic carbocycles. The quantitative estimate of drug-likeness (QED) is 0.343. The van der Waals surface area contributed by atoms with Crippen LogP contribution < -0.4 is 5.32 Å². The molecule has 0 bridgehead atoms. The number of hydrogen-bond donors (Lipinski definition) is 2. The first-order chi connectivity index (χ1) is 17.4. The number of rotatable bonds is 10. The molecule has 1 heterocycles. The van der Waals surface area contributed by atoms with Gasteiger partial charge in [-0.3, -0.25) is 9.69 Å². The number of piperazine rings is 1. The van der Waals surface area contributed by atoms with E-state index in [0.29, 0.717) is 25.9 Å². The van der Waals surface area contributed by atoms with E-state index in [1.54, 1.807) is 6.92 Å². The van der Waals surface area contributed by atoms with Gasteiger partial charge in [-0.15, -0.1) is 23.2 Å². The summed E-state index contributed by atoms with van der Waals surface area (Å²) in [5.41, 5.74) is 0.948. The second kappa shape index (κ2) is 16.4. The molecule has 3 rings (SSSR count). The highest BCUT2D eigenvalue weighted by atomic mass is 35.5. The molecule has 1 aromatic rings. The van der Waals surface area contributed by atoms with Crippen molar-refractivity contribution in [1.29, 1.82) is 0 Å². The monoisotopic (exact) mass is 545 g/mol. The van der Waals surface area contributed by atoms with E-state index in [2.05, 4.69) is 22.2 Å². The molecule has 1 amide bonds. The molecule has 10 heteroatoms. The molecule has 2 unspecified atom stereocenters. The number of nitrogens with one attached hydrogen (secondary N) is 1. The van der Waals surface area contributed by atoms with Crippen molar-refractivity contribution >= 4 is 35.1 Å². The van der Waals surface area contributed by atoms with Crippen molar-refractivity contribution in [3.63, 3.8) is 0 Å². The van der Waals surface area contributed by atoms with Crippen LogP contribution in [0.4, 0.5) is 0 Å². The molecule has 36 heavy (non-hydrogen) atoms. The van der Waals surface area contributed by atoms with Gasteiger partial charge in [0.1, 0.15) is 6.04 Å². The number of ether oxygens (including phenoxy) is 2. The predicted molar refractivity (Wildman–Crippen MR) is 143 cm³/mol. The van der Waals surface area contributed by atoms with Crippen molar-refractivity contribution in [2.45, 2.75) is 49.1 Å². The topological polar surface area (TPSA) is 91.3 Å². The van der Waals surface area contributed by atoms with E-state index in [4.69, 9.17) is 37.8 Å². The Labute approximate surface area is 225 Å². The largest absolute Gasteiger partial charge is 0.464 e. The number of amides is 1. The number of carbonyl (C=O) groups is 2. The number of aliphatic hydroxyl groups is 1. The highest BCUT2D eigenvalue weighted by Crippen LogP contribution is 2.34. The van der Waals surface area contributed by atoms with Crippen molar-refractivity contribution in [3.05, 3.63) is 35.9 Å². The number of carbonyl (C=O) groups excluding carboxylic acids is 2. The van der Waals surface area contributed by atoms with Crippen LogP contribution in [0, 0.1) is 5.92 Å². The standard InChI is InChI=1S/C25H37Cl2N3O4.CH4O/c1-3-33-25(32)22(15-18-7-5-4-6-8-18)28-24(31)19-16-20(26)23(21(27)17-19)34-14-13-30-11-9-29(2)10-12-30;1-2/h4-8,19-23H,3,9-17H2,1-2H3,(H,28,31);2H,1H3/t19?,20?,21?,22-,23?;/m0./s1. The van der Waals surface area contributed by atoms with Crippen molar-refractivity contribution in [3.8, 4) is 0 Å². The van der Waals surface area contributed by atoms with Gasteiger partial charge in [0.05, 0.1) is 30.1 Å². The first-order valence-corrected chi connectivity index (χ1v) is 13.5. The summed E-state index contributed by atoms with van der Waals surface area (Å²) in [6.45, 7) is 7.62. The predicted octanol–water partition coefficient (Wildman–Crippen LogP) is 2.14. The lowest BCUT2D eigenvalue weighted by Gasteiger charge is -2.37. The molecule has 0 aromatic heterocycles. The van der Waals surface area contributed by atoms with Gasteiger partial charge in [0.15, 0.2) is 0 Å². The molecule has 0 spiro atoms. The fourth-order valence-corrected chi connectivity index (χ4v) is 5.52. The maximum Gasteiger partial charge on any atom is 0.328 e. The fourth-order valence-electron chi connectivity index (χ4n) is 4.52. The Kier molecular flexibility index (Phi) is 14.1. The molecule has 204 valence electrons. The zero-order chi connectivity index (χ0) is 26.5. The van der Waals surface area contributed by atoms with Gasteiger partial charge in [0.25, 0.3) is 0 Å². The average molecular weight is 547 g/mol. The Morgan fingerprint density at radius 3 is 2.28 bits per heavy atom. The summed E-state index contributed by atoms with van der Waals surface area (Å²) in [5.74, 6) is -1.04. The molecular formula is C26H41Cl2N3O5. The molecule has 1 saturated heterocycles. The smallest absolute Gasteiger partial charge is 0.328 e. The van der Waals surface area contributed by atoms with E-state index >= 15 is 0 Å². The highest BCUT2D eigenvalue weighted by Gasteiger charge is 2.40. The van der Waals surface area contributed by atoms with Crippen molar-refractivity contribution < 1.29 is 24.2 Å². The van der Waals surface area contributed by atoms with Gasteiger partial charge in [-0.25, -0.2) is 4.79 Å². The molecular weight excluding hydrogens is 505 g/mol. The number of halogens is 2. The lowest BCUT2D eigenvalue weighted by molar-refractivity contribution is -0.148. The molecule has 8 nitrogen and oxygen atoms in total. The van der Waals surface area contributed by atoms with E-state index in [0.717, 1.165) is 45.4 Å². The van der Waals surface area contributed by atoms with Crippen LogP contribution in [0.25, 0.3) is 0 Å². The summed E-state index contributed by atoms with van der Waals surface area (Å²) in [7, 11) is 3.13. The fraction of sp³-hybridized carbons (Fsp3) is 0.692. The van der Waals surface area contributed by atoms with E-state index in [1.165, 1.54) is 0 Å². The Bertz CT molecular complexity index is 768. The van der Waals surface area contributed by atoms with Crippen LogP contribution in [0.3, 0.4) is 0 Å². The first kappa shape index (κ1) is 30.8. The second-order valence-electron chi connectivity index (χ2n) is 9.18. The van der Waals surface area contributed by atoms with Crippen molar-refractivity contribution in [2.24, 2.45) is 5.92 Å². The summed E-state index contributed by atoms with van der Waals surface area (Å²) < 4.78 is 11.3. The number of alkyl halides is 2. The molecule has 3 atom stereocenters. The van der Waals surface area contributed by atoms with Crippen molar-refractivity contribution in [2.75, 3.05) is 60.1 Å². The number of aliphatic hydroxyl groups excluding tert-OH is 1. The van der Waals surface area contributed by atoms with Gasteiger partial charge >= 0.3 is 5.97 Å². The maximum absolute atomic E-state index is 13.1.